The third-order valence-corrected chi connectivity index (χ3v) is 1.91. The van der Waals surface area contributed by atoms with Crippen LogP contribution in [0, 0.1) is 0 Å². The lowest BCUT2D eigenvalue weighted by Crippen LogP contribution is -2.28. The molecule has 2 atom stereocenters. The van der Waals surface area contributed by atoms with Crippen molar-refractivity contribution in [3.05, 3.63) is 0 Å². The quantitative estimate of drug-likeness (QED) is 0.514. The molecule has 0 aliphatic carbocycles. The van der Waals surface area contributed by atoms with Gasteiger partial charge in [0.05, 0.1) is 12.2 Å². The van der Waals surface area contributed by atoms with Gasteiger partial charge in [0.25, 0.3) is 0 Å². The number of hydrogen-bond acceptors (Lipinski definition) is 3. The predicted molar refractivity (Wildman–Crippen MR) is 38.9 cm³/mol. The van der Waals surface area contributed by atoms with Gasteiger partial charge in [-0.25, -0.2) is 0 Å². The van der Waals surface area contributed by atoms with Crippen molar-refractivity contribution in [2.24, 2.45) is 0 Å². The van der Waals surface area contributed by atoms with E-state index in [1.165, 1.54) is 4.90 Å². The fourth-order valence-electron chi connectivity index (χ4n) is 1.20. The monoisotopic (exact) mass is 159 g/mol. The second-order valence-corrected chi connectivity index (χ2v) is 2.79. The zero-order valence-electron chi connectivity index (χ0n) is 6.53. The van der Waals surface area contributed by atoms with Crippen LogP contribution in [-0.4, -0.2) is 46.3 Å². The number of carbonyl (C=O) groups is 1. The first-order chi connectivity index (χ1) is 5.15. The lowest BCUT2D eigenvalue weighted by Gasteiger charge is -2.13. The van der Waals surface area contributed by atoms with Crippen molar-refractivity contribution in [1.82, 2.24) is 4.90 Å². The number of aliphatic hydroxyl groups is 2. The minimum atomic E-state index is -0.759. The highest BCUT2D eigenvalue weighted by Crippen LogP contribution is 2.10. The molecule has 4 heteroatoms. The first-order valence-corrected chi connectivity index (χ1v) is 3.79. The molecule has 11 heavy (non-hydrogen) atoms. The van der Waals surface area contributed by atoms with Crippen LogP contribution in [0.2, 0.25) is 0 Å². The minimum absolute atomic E-state index is 0.0133. The zero-order chi connectivity index (χ0) is 8.43. The zero-order valence-corrected chi connectivity index (χ0v) is 6.53. The number of likely N-dealkylation sites (tertiary alicyclic amines) is 1. The van der Waals surface area contributed by atoms with Crippen LogP contribution in [0.1, 0.15) is 13.3 Å². The van der Waals surface area contributed by atoms with Gasteiger partial charge in [0.15, 0.2) is 0 Å². The average molecular weight is 159 g/mol. The second kappa shape index (κ2) is 3.19. The summed E-state index contributed by atoms with van der Waals surface area (Å²) in [5.41, 5.74) is 0. The summed E-state index contributed by atoms with van der Waals surface area (Å²) >= 11 is 0. The van der Waals surface area contributed by atoms with Crippen LogP contribution in [0.15, 0.2) is 0 Å². The number of amides is 1. The number of β-amino-alcohol motifs (C(OH)–C–C–N with tert-alkyl or cyclic N) is 2. The maximum atomic E-state index is 11.0. The van der Waals surface area contributed by atoms with E-state index in [9.17, 15) is 4.79 Å². The fraction of sp³-hybridized carbons (Fsp3) is 0.857. The van der Waals surface area contributed by atoms with Crippen LogP contribution in [-0.2, 0) is 4.79 Å². The van der Waals surface area contributed by atoms with E-state index in [4.69, 9.17) is 10.2 Å². The molecule has 0 aromatic heterocycles. The highest BCUT2D eigenvalue weighted by molar-refractivity contribution is 5.76. The normalized spacial score (nSPS) is 31.0. The summed E-state index contributed by atoms with van der Waals surface area (Å²) in [6, 6.07) is 0. The molecule has 1 fully saturated rings. The van der Waals surface area contributed by atoms with E-state index in [1.54, 1.807) is 6.92 Å². The second-order valence-electron chi connectivity index (χ2n) is 2.79. The maximum Gasteiger partial charge on any atom is 0.222 e. The van der Waals surface area contributed by atoms with Gasteiger partial charge in [-0.15, -0.1) is 0 Å². The molecule has 0 radical (unpaired) electrons. The molecule has 0 aromatic carbocycles. The summed E-state index contributed by atoms with van der Waals surface area (Å²) < 4.78 is 0. The Balaban J connectivity index is 2.46. The first kappa shape index (κ1) is 8.49. The van der Waals surface area contributed by atoms with Crippen molar-refractivity contribution in [2.75, 3.05) is 13.1 Å². The number of carbonyl (C=O) groups excluding carboxylic acids is 1. The topological polar surface area (TPSA) is 60.8 Å². The van der Waals surface area contributed by atoms with Crippen molar-refractivity contribution in [1.29, 1.82) is 0 Å². The molecular formula is C7H13NO3. The van der Waals surface area contributed by atoms with Crippen LogP contribution in [0.4, 0.5) is 0 Å². The van der Waals surface area contributed by atoms with Gasteiger partial charge in [-0.2, -0.15) is 0 Å². The van der Waals surface area contributed by atoms with Gasteiger partial charge in [0.2, 0.25) is 5.91 Å². The number of hydrogen-bond donors (Lipinski definition) is 2. The highest BCUT2D eigenvalue weighted by atomic mass is 16.3. The Bertz CT molecular complexity index is 150. The lowest BCUT2D eigenvalue weighted by atomic mass is 10.3. The van der Waals surface area contributed by atoms with E-state index < -0.39 is 12.2 Å². The molecule has 1 amide bonds. The Hall–Kier alpha value is -0.610. The van der Waals surface area contributed by atoms with Crippen molar-refractivity contribution < 1.29 is 15.0 Å². The molecule has 1 aliphatic heterocycles. The molecule has 64 valence electrons. The molecule has 1 aliphatic rings. The standard InChI is InChI=1S/C7H13NO3/c1-2-7(11)8-3-5(9)6(10)4-8/h5-6,9-10H,2-4H2,1H3/t5-,6-/m0/s1. The van der Waals surface area contributed by atoms with E-state index in [1.807, 2.05) is 0 Å². The Morgan fingerprint density at radius 2 is 1.91 bits per heavy atom. The van der Waals surface area contributed by atoms with E-state index in [2.05, 4.69) is 0 Å². The first-order valence-electron chi connectivity index (χ1n) is 3.79. The van der Waals surface area contributed by atoms with Crippen molar-refractivity contribution in [3.8, 4) is 0 Å². The van der Waals surface area contributed by atoms with Gasteiger partial charge in [-0.05, 0) is 0 Å². The summed E-state index contributed by atoms with van der Waals surface area (Å²) in [6.07, 6.45) is -1.09. The molecule has 2 N–H and O–H groups in total. The average Bonchev–Trinajstić information content (AvgIpc) is 2.31. The molecular weight excluding hydrogens is 146 g/mol. The van der Waals surface area contributed by atoms with Crippen molar-refractivity contribution >= 4 is 5.91 Å². The summed E-state index contributed by atoms with van der Waals surface area (Å²) in [6.45, 7) is 2.31. The molecule has 0 bridgehead atoms. The molecule has 1 rings (SSSR count). The van der Waals surface area contributed by atoms with Gasteiger partial charge in [-0.1, -0.05) is 6.92 Å². The maximum absolute atomic E-state index is 11.0. The van der Waals surface area contributed by atoms with E-state index in [-0.39, 0.29) is 19.0 Å². The third-order valence-electron chi connectivity index (χ3n) is 1.91. The Morgan fingerprint density at radius 3 is 2.27 bits per heavy atom. The van der Waals surface area contributed by atoms with Gasteiger partial charge in [0.1, 0.15) is 0 Å². The fourth-order valence-corrected chi connectivity index (χ4v) is 1.20. The van der Waals surface area contributed by atoms with Crippen LogP contribution >= 0.6 is 0 Å². The van der Waals surface area contributed by atoms with Crippen LogP contribution in [0.3, 0.4) is 0 Å². The SMILES string of the molecule is CCC(=O)N1C[C@H](O)[C@@H](O)C1. The van der Waals surface area contributed by atoms with Gasteiger partial charge < -0.3 is 15.1 Å². The summed E-state index contributed by atoms with van der Waals surface area (Å²) in [5, 5.41) is 18.1. The van der Waals surface area contributed by atoms with Crippen molar-refractivity contribution in [2.45, 2.75) is 25.6 Å². The van der Waals surface area contributed by atoms with Gasteiger partial charge in [0, 0.05) is 19.5 Å². The van der Waals surface area contributed by atoms with Gasteiger partial charge >= 0.3 is 0 Å². The molecule has 1 heterocycles. The minimum Gasteiger partial charge on any atom is -0.388 e. The number of rotatable bonds is 1. The summed E-state index contributed by atoms with van der Waals surface area (Å²) in [5.74, 6) is -0.0133. The summed E-state index contributed by atoms with van der Waals surface area (Å²) in [4.78, 5) is 12.5. The van der Waals surface area contributed by atoms with Crippen LogP contribution in [0.5, 0.6) is 0 Å². The lowest BCUT2D eigenvalue weighted by molar-refractivity contribution is -0.130. The van der Waals surface area contributed by atoms with E-state index >= 15 is 0 Å². The van der Waals surface area contributed by atoms with Crippen LogP contribution in [0.25, 0.3) is 0 Å². The largest absolute Gasteiger partial charge is 0.388 e. The molecule has 1 saturated heterocycles. The summed E-state index contributed by atoms with van der Waals surface area (Å²) in [7, 11) is 0. The Morgan fingerprint density at radius 1 is 1.45 bits per heavy atom. The number of aliphatic hydroxyl groups excluding tert-OH is 2. The molecule has 0 aromatic rings. The molecule has 4 nitrogen and oxygen atoms in total. The van der Waals surface area contributed by atoms with Gasteiger partial charge in [-0.3, -0.25) is 4.79 Å². The number of nitrogens with zero attached hydrogens (tertiary/aromatic N) is 1. The third kappa shape index (κ3) is 1.70. The highest BCUT2D eigenvalue weighted by Gasteiger charge is 2.31. The smallest absolute Gasteiger partial charge is 0.222 e. The van der Waals surface area contributed by atoms with Crippen LogP contribution < -0.4 is 0 Å². The van der Waals surface area contributed by atoms with E-state index in [0.29, 0.717) is 6.42 Å². The predicted octanol–water partition coefficient (Wildman–Crippen LogP) is -1.04. The Labute approximate surface area is 65.4 Å². The van der Waals surface area contributed by atoms with E-state index in [0.717, 1.165) is 0 Å². The molecule has 0 spiro atoms. The van der Waals surface area contributed by atoms with Crippen molar-refractivity contribution in [3.63, 3.8) is 0 Å². The Kier molecular flexibility index (Phi) is 2.46. The molecule has 0 saturated carbocycles. The molecule has 0 unspecified atom stereocenters.